The van der Waals surface area contributed by atoms with Crippen molar-refractivity contribution in [1.29, 1.82) is 0 Å². The molecule has 0 saturated heterocycles. The van der Waals surface area contributed by atoms with Gasteiger partial charge in [0.25, 0.3) is 5.56 Å². The molecule has 0 aliphatic heterocycles. The van der Waals surface area contributed by atoms with E-state index in [-0.39, 0.29) is 17.9 Å². The van der Waals surface area contributed by atoms with Gasteiger partial charge < -0.3 is 15.2 Å². The van der Waals surface area contributed by atoms with Crippen LogP contribution in [-0.2, 0) is 11.3 Å². The summed E-state index contributed by atoms with van der Waals surface area (Å²) in [7, 11) is 1.42. The first-order valence-corrected chi connectivity index (χ1v) is 9.27. The van der Waals surface area contributed by atoms with Crippen molar-refractivity contribution in [3.8, 4) is 5.75 Å². The van der Waals surface area contributed by atoms with Crippen LogP contribution in [-0.4, -0.2) is 35.0 Å². The number of hydrogen-bond donors (Lipinski definition) is 2. The number of H-pyrrole nitrogens is 1. The lowest BCUT2D eigenvalue weighted by atomic mass is 10.1. The Morgan fingerprint density at radius 3 is 2.43 bits per heavy atom. The van der Waals surface area contributed by atoms with Crippen molar-refractivity contribution < 1.29 is 19.1 Å². The number of aromatic amines is 1. The van der Waals surface area contributed by atoms with E-state index in [1.165, 1.54) is 7.11 Å². The monoisotopic (exact) mass is 411 g/mol. The van der Waals surface area contributed by atoms with Gasteiger partial charge in [-0.1, -0.05) is 31.2 Å². The number of carbonyl (C=O) groups excluding carboxylic acids is 2. The molecule has 2 aromatic carbocycles. The Balaban J connectivity index is 1.86. The largest absolute Gasteiger partial charge is 0.496 e. The van der Waals surface area contributed by atoms with Crippen LogP contribution in [0.4, 0.5) is 5.82 Å². The summed E-state index contributed by atoms with van der Waals surface area (Å²) in [5.41, 5.74) is 3.96. The fourth-order valence-electron chi connectivity index (χ4n) is 3.13. The van der Waals surface area contributed by atoms with E-state index in [0.717, 1.165) is 15.3 Å². The van der Waals surface area contributed by atoms with Crippen LogP contribution in [0.3, 0.4) is 0 Å². The summed E-state index contributed by atoms with van der Waals surface area (Å²) in [6.07, 6.45) is 0.570. The van der Waals surface area contributed by atoms with Gasteiger partial charge in [0.15, 0.2) is 6.61 Å². The van der Waals surface area contributed by atoms with Crippen molar-refractivity contribution >= 4 is 28.3 Å². The summed E-state index contributed by atoms with van der Waals surface area (Å²) in [5, 5.41) is 1.67. The SMILES string of the molecule is CCCn1c(N)c(C(=O)COC(=O)c2cc3ccccc3cc2OC)c(=O)[nH]c1=O. The zero-order valence-corrected chi connectivity index (χ0v) is 16.6. The van der Waals surface area contributed by atoms with E-state index in [4.69, 9.17) is 15.2 Å². The van der Waals surface area contributed by atoms with Crippen molar-refractivity contribution in [2.24, 2.45) is 0 Å². The van der Waals surface area contributed by atoms with Gasteiger partial charge in [0.2, 0.25) is 5.78 Å². The van der Waals surface area contributed by atoms with Crippen LogP contribution >= 0.6 is 0 Å². The number of aromatic nitrogens is 2. The lowest BCUT2D eigenvalue weighted by Crippen LogP contribution is -2.37. The van der Waals surface area contributed by atoms with Gasteiger partial charge in [-0.05, 0) is 29.3 Å². The maximum atomic E-state index is 12.6. The summed E-state index contributed by atoms with van der Waals surface area (Å²) in [6.45, 7) is 1.33. The summed E-state index contributed by atoms with van der Waals surface area (Å²) in [6, 6.07) is 10.7. The third-order valence-electron chi connectivity index (χ3n) is 4.59. The van der Waals surface area contributed by atoms with Crippen LogP contribution in [0.1, 0.15) is 34.1 Å². The van der Waals surface area contributed by atoms with Gasteiger partial charge in [0, 0.05) is 6.54 Å². The van der Waals surface area contributed by atoms with Crippen LogP contribution < -0.4 is 21.7 Å². The summed E-state index contributed by atoms with van der Waals surface area (Å²) in [4.78, 5) is 51.1. The molecule has 156 valence electrons. The number of nitrogens with one attached hydrogen (secondary N) is 1. The van der Waals surface area contributed by atoms with Crippen molar-refractivity contribution in [2.45, 2.75) is 19.9 Å². The number of nitrogens with two attached hydrogens (primary N) is 1. The second-order valence-electron chi connectivity index (χ2n) is 6.57. The molecule has 0 spiro atoms. The van der Waals surface area contributed by atoms with Crippen LogP contribution in [0.2, 0.25) is 0 Å². The topological polar surface area (TPSA) is 133 Å². The van der Waals surface area contributed by atoms with Gasteiger partial charge in [0.05, 0.1) is 7.11 Å². The van der Waals surface area contributed by atoms with Gasteiger partial charge >= 0.3 is 11.7 Å². The minimum atomic E-state index is -0.922. The van der Waals surface area contributed by atoms with Gasteiger partial charge in [-0.2, -0.15) is 0 Å². The number of fused-ring (bicyclic) bond motifs is 1. The molecular formula is C21H21N3O6. The minimum absolute atomic E-state index is 0.141. The Morgan fingerprint density at radius 2 is 1.80 bits per heavy atom. The molecule has 1 aromatic heterocycles. The fraction of sp³-hybridized carbons (Fsp3) is 0.238. The molecule has 0 aliphatic rings. The van der Waals surface area contributed by atoms with Gasteiger partial charge in [-0.25, -0.2) is 9.59 Å². The second-order valence-corrected chi connectivity index (χ2v) is 6.57. The highest BCUT2D eigenvalue weighted by Crippen LogP contribution is 2.26. The predicted molar refractivity (Wildman–Crippen MR) is 111 cm³/mol. The molecule has 0 fully saturated rings. The van der Waals surface area contributed by atoms with Crippen LogP contribution in [0.5, 0.6) is 5.75 Å². The van der Waals surface area contributed by atoms with E-state index in [1.54, 1.807) is 12.1 Å². The number of methoxy groups -OCH3 is 1. The molecule has 3 aromatic rings. The number of nitrogens with zero attached hydrogens (tertiary/aromatic N) is 1. The zero-order chi connectivity index (χ0) is 21.8. The van der Waals surface area contributed by atoms with E-state index in [9.17, 15) is 19.2 Å². The normalized spacial score (nSPS) is 10.7. The number of rotatable bonds is 7. The van der Waals surface area contributed by atoms with Gasteiger partial charge in [-0.15, -0.1) is 0 Å². The number of anilines is 1. The van der Waals surface area contributed by atoms with Crippen molar-refractivity contribution in [3.63, 3.8) is 0 Å². The number of hydrogen-bond acceptors (Lipinski definition) is 7. The average Bonchev–Trinajstić information content (AvgIpc) is 2.73. The maximum absolute atomic E-state index is 12.6. The molecule has 3 N–H and O–H groups in total. The molecule has 9 heteroatoms. The first-order chi connectivity index (χ1) is 14.4. The summed E-state index contributed by atoms with van der Waals surface area (Å²) >= 11 is 0. The lowest BCUT2D eigenvalue weighted by Gasteiger charge is -2.12. The Kier molecular flexibility index (Phi) is 6.01. The van der Waals surface area contributed by atoms with Crippen LogP contribution in [0.15, 0.2) is 46.0 Å². The standard InChI is InChI=1S/C21H21N3O6/c1-3-8-24-18(22)17(19(26)23-21(24)28)15(25)11-30-20(27)14-9-12-6-4-5-7-13(12)10-16(14)29-2/h4-7,9-10H,3,8,11,22H2,1-2H3,(H,23,26,28). The van der Waals surface area contributed by atoms with E-state index in [2.05, 4.69) is 4.98 Å². The smallest absolute Gasteiger partial charge is 0.342 e. The molecule has 0 aliphatic carbocycles. The molecule has 0 atom stereocenters. The zero-order valence-electron chi connectivity index (χ0n) is 16.6. The number of Topliss-reactive ketones (excluding diaryl/α,β-unsaturated/α-hetero) is 1. The molecule has 3 rings (SSSR count). The second kappa shape index (κ2) is 8.64. The number of ketones is 1. The molecule has 9 nitrogen and oxygen atoms in total. The highest BCUT2D eigenvalue weighted by molar-refractivity contribution is 6.03. The molecule has 0 unspecified atom stereocenters. The van der Waals surface area contributed by atoms with Crippen LogP contribution in [0.25, 0.3) is 10.8 Å². The Morgan fingerprint density at radius 1 is 1.13 bits per heavy atom. The quantitative estimate of drug-likeness (QED) is 0.447. The third-order valence-corrected chi connectivity index (χ3v) is 4.59. The van der Waals surface area contributed by atoms with Gasteiger partial charge in [0.1, 0.15) is 22.7 Å². The van der Waals surface area contributed by atoms with E-state index >= 15 is 0 Å². The van der Waals surface area contributed by atoms with E-state index < -0.39 is 35.2 Å². The highest BCUT2D eigenvalue weighted by Gasteiger charge is 2.22. The number of nitrogen functional groups attached to an aromatic ring is 1. The number of benzene rings is 2. The Hall–Kier alpha value is -3.88. The molecule has 0 radical (unpaired) electrons. The highest BCUT2D eigenvalue weighted by atomic mass is 16.5. The fourth-order valence-corrected chi connectivity index (χ4v) is 3.13. The number of esters is 1. The minimum Gasteiger partial charge on any atom is -0.496 e. The number of carbonyl (C=O) groups is 2. The Labute approximate surface area is 171 Å². The van der Waals surface area contributed by atoms with Crippen molar-refractivity contribution in [2.75, 3.05) is 19.5 Å². The first kappa shape index (κ1) is 20.8. The molecule has 0 saturated carbocycles. The van der Waals surface area contributed by atoms with E-state index in [0.29, 0.717) is 12.2 Å². The molecule has 0 amide bonds. The maximum Gasteiger partial charge on any atom is 0.342 e. The van der Waals surface area contributed by atoms with Gasteiger partial charge in [-0.3, -0.25) is 19.1 Å². The average molecular weight is 411 g/mol. The third kappa shape index (κ3) is 3.95. The van der Waals surface area contributed by atoms with E-state index in [1.807, 2.05) is 31.2 Å². The molecule has 1 heterocycles. The van der Waals surface area contributed by atoms with Crippen molar-refractivity contribution in [1.82, 2.24) is 9.55 Å². The molecule has 0 bridgehead atoms. The molecule has 30 heavy (non-hydrogen) atoms. The first-order valence-electron chi connectivity index (χ1n) is 9.27. The summed E-state index contributed by atoms with van der Waals surface area (Å²) < 4.78 is 11.5. The van der Waals surface area contributed by atoms with Crippen LogP contribution in [0, 0.1) is 0 Å². The molecular weight excluding hydrogens is 390 g/mol. The lowest BCUT2D eigenvalue weighted by molar-refractivity contribution is 0.0471. The summed E-state index contributed by atoms with van der Waals surface area (Å²) in [5.74, 6) is -1.57. The predicted octanol–water partition coefficient (Wildman–Crippen LogP) is 1.73. The number of ether oxygens (including phenoxy) is 2. The Bertz CT molecular complexity index is 1240. The van der Waals surface area contributed by atoms with Crippen molar-refractivity contribution in [3.05, 3.63) is 68.4 Å².